The molecule has 1 aromatic carbocycles. The summed E-state index contributed by atoms with van der Waals surface area (Å²) in [7, 11) is 0. The first-order valence-corrected chi connectivity index (χ1v) is 5.43. The summed E-state index contributed by atoms with van der Waals surface area (Å²) in [6.45, 7) is 2.32. The lowest BCUT2D eigenvalue weighted by molar-refractivity contribution is 0.0718. The van der Waals surface area contributed by atoms with Gasteiger partial charge in [0.25, 0.3) is 5.91 Å². The summed E-state index contributed by atoms with van der Waals surface area (Å²) in [4.78, 5) is 12.6. The molecule has 8 heteroatoms. The van der Waals surface area contributed by atoms with Gasteiger partial charge in [-0.1, -0.05) is 0 Å². The van der Waals surface area contributed by atoms with E-state index in [-0.39, 0.29) is 0 Å². The lowest BCUT2D eigenvalue weighted by atomic mass is 10.1. The smallest absolute Gasteiger partial charge is 0.261 e. The zero-order valence-electron chi connectivity index (χ0n) is 10.5. The molecule has 20 heavy (non-hydrogen) atoms. The van der Waals surface area contributed by atoms with Crippen LogP contribution in [0.1, 0.15) is 24.2 Å². The zero-order chi connectivity index (χ0) is 15.6. The fourth-order valence-electron chi connectivity index (χ4n) is 1.50. The van der Waals surface area contributed by atoms with E-state index in [4.69, 9.17) is 5.26 Å². The molecule has 0 bridgehead atoms. The summed E-state index contributed by atoms with van der Waals surface area (Å²) in [5.41, 5.74) is -1.56. The quantitative estimate of drug-likeness (QED) is 0.372. The van der Waals surface area contributed by atoms with Gasteiger partial charge < -0.3 is 4.90 Å². The lowest BCUT2D eigenvalue weighted by Gasteiger charge is -2.24. The molecule has 0 heterocycles. The minimum atomic E-state index is -2.34. The predicted molar refractivity (Wildman–Crippen MR) is 58.0 cm³/mol. The Hall–Kier alpha value is -2.17. The first-order chi connectivity index (χ1) is 9.23. The molecule has 0 spiro atoms. The Morgan fingerprint density at radius 1 is 1.05 bits per heavy atom. The molecule has 0 fully saturated rings. The summed E-state index contributed by atoms with van der Waals surface area (Å²) < 4.78 is 65.8. The van der Waals surface area contributed by atoms with Crippen molar-refractivity contribution in [3.8, 4) is 6.07 Å². The summed E-state index contributed by atoms with van der Waals surface area (Å²) in [5, 5.41) is 8.53. The van der Waals surface area contributed by atoms with Crippen LogP contribution in [0.25, 0.3) is 0 Å². The van der Waals surface area contributed by atoms with Crippen LogP contribution in [0.5, 0.6) is 0 Å². The van der Waals surface area contributed by atoms with Crippen LogP contribution in [0.4, 0.5) is 22.0 Å². The Morgan fingerprint density at radius 3 is 1.80 bits per heavy atom. The maximum atomic E-state index is 13.5. The second kappa shape index (κ2) is 5.86. The summed E-state index contributed by atoms with van der Waals surface area (Å²) in [6.07, 6.45) is 0. The van der Waals surface area contributed by atoms with Crippen molar-refractivity contribution < 1.29 is 26.7 Å². The van der Waals surface area contributed by atoms with Crippen LogP contribution in [0.3, 0.4) is 0 Å². The fourth-order valence-corrected chi connectivity index (χ4v) is 1.50. The van der Waals surface area contributed by atoms with Crippen molar-refractivity contribution in [2.24, 2.45) is 0 Å². The van der Waals surface area contributed by atoms with E-state index in [0.29, 0.717) is 4.90 Å². The Bertz CT molecular complexity index is 565. The minimum absolute atomic E-state index is 0.546. The first-order valence-electron chi connectivity index (χ1n) is 5.43. The van der Waals surface area contributed by atoms with E-state index in [2.05, 4.69) is 0 Å². The van der Waals surface area contributed by atoms with Crippen LogP contribution in [-0.4, -0.2) is 23.4 Å². The number of nitrogens with zero attached hydrogens (tertiary/aromatic N) is 2. The molecule has 0 N–H and O–H groups in total. The zero-order valence-corrected chi connectivity index (χ0v) is 10.5. The van der Waals surface area contributed by atoms with E-state index in [1.807, 2.05) is 0 Å². The van der Waals surface area contributed by atoms with Crippen LogP contribution in [0.15, 0.2) is 0 Å². The molecule has 1 rings (SSSR count). The number of carbonyl (C=O) groups excluding carboxylic acids is 1. The van der Waals surface area contributed by atoms with Crippen molar-refractivity contribution in [1.29, 1.82) is 5.26 Å². The molecular formula is C12H9F5N2O. The molecule has 1 aromatic rings. The van der Waals surface area contributed by atoms with Gasteiger partial charge in [-0.2, -0.15) is 5.26 Å². The number of benzene rings is 1. The normalized spacial score (nSPS) is 10.6. The highest BCUT2D eigenvalue weighted by Crippen LogP contribution is 2.24. The highest BCUT2D eigenvalue weighted by Gasteiger charge is 2.32. The van der Waals surface area contributed by atoms with Crippen molar-refractivity contribution >= 4 is 5.91 Å². The molecule has 0 saturated heterocycles. The summed E-state index contributed by atoms with van der Waals surface area (Å²) in [6, 6.07) is 0.923. The van der Waals surface area contributed by atoms with Crippen LogP contribution in [0.2, 0.25) is 0 Å². The van der Waals surface area contributed by atoms with Gasteiger partial charge in [-0.3, -0.25) is 4.79 Å². The van der Waals surface area contributed by atoms with Gasteiger partial charge in [-0.15, -0.1) is 0 Å². The van der Waals surface area contributed by atoms with E-state index in [0.717, 1.165) is 0 Å². The maximum Gasteiger partial charge on any atom is 0.261 e. The average molecular weight is 292 g/mol. The maximum absolute atomic E-state index is 13.5. The van der Waals surface area contributed by atoms with Crippen LogP contribution in [0, 0.1) is 40.4 Å². The molecule has 0 atom stereocenters. The van der Waals surface area contributed by atoms with Gasteiger partial charge in [0.15, 0.2) is 23.3 Å². The molecule has 0 aromatic heterocycles. The van der Waals surface area contributed by atoms with Crippen LogP contribution in [-0.2, 0) is 0 Å². The molecule has 0 aliphatic carbocycles. The number of rotatable bonds is 3. The average Bonchev–Trinajstić information content (AvgIpc) is 2.40. The topological polar surface area (TPSA) is 44.1 Å². The second-order valence-corrected chi connectivity index (χ2v) is 4.13. The molecule has 0 unspecified atom stereocenters. The SMILES string of the molecule is CC(C)N(CC#N)C(=O)c1c(F)c(F)c(F)c(F)c1F. The van der Waals surface area contributed by atoms with Crippen LogP contribution < -0.4 is 0 Å². The van der Waals surface area contributed by atoms with Gasteiger partial charge in [0, 0.05) is 6.04 Å². The first kappa shape index (κ1) is 15.9. The van der Waals surface area contributed by atoms with Gasteiger partial charge >= 0.3 is 0 Å². The van der Waals surface area contributed by atoms with E-state index in [1.54, 1.807) is 6.07 Å². The van der Waals surface area contributed by atoms with Crippen LogP contribution >= 0.6 is 0 Å². The second-order valence-electron chi connectivity index (χ2n) is 4.13. The Kier molecular flexibility index (Phi) is 4.65. The van der Waals surface area contributed by atoms with E-state index < -0.39 is 53.1 Å². The third-order valence-electron chi connectivity index (χ3n) is 2.55. The summed E-state index contributed by atoms with van der Waals surface area (Å²) in [5.74, 6) is -12.6. The summed E-state index contributed by atoms with van der Waals surface area (Å²) >= 11 is 0. The largest absolute Gasteiger partial charge is 0.323 e. The third kappa shape index (κ3) is 2.57. The van der Waals surface area contributed by atoms with E-state index in [1.165, 1.54) is 13.8 Å². The molecule has 0 aliphatic heterocycles. The third-order valence-corrected chi connectivity index (χ3v) is 2.55. The van der Waals surface area contributed by atoms with Gasteiger partial charge in [0.05, 0.1) is 6.07 Å². The highest BCUT2D eigenvalue weighted by atomic mass is 19.2. The van der Waals surface area contributed by atoms with Crippen molar-refractivity contribution in [3.63, 3.8) is 0 Å². The Balaban J connectivity index is 3.47. The molecule has 108 valence electrons. The number of amides is 1. The van der Waals surface area contributed by atoms with Gasteiger partial charge in [0.2, 0.25) is 5.82 Å². The Morgan fingerprint density at radius 2 is 1.45 bits per heavy atom. The molecule has 0 aliphatic rings. The number of nitriles is 1. The molecular weight excluding hydrogens is 283 g/mol. The van der Waals surface area contributed by atoms with Gasteiger partial charge in [0.1, 0.15) is 12.1 Å². The standard InChI is InChI=1S/C12H9F5N2O/c1-5(2)19(4-3-18)12(20)6-7(13)9(15)11(17)10(16)8(6)14/h5H,4H2,1-2H3. The van der Waals surface area contributed by atoms with Crippen molar-refractivity contribution in [1.82, 2.24) is 4.90 Å². The fraction of sp³-hybridized carbons (Fsp3) is 0.333. The lowest BCUT2D eigenvalue weighted by Crippen LogP contribution is -2.38. The Labute approximate surface area is 111 Å². The molecule has 0 saturated carbocycles. The van der Waals surface area contributed by atoms with Crippen molar-refractivity contribution in [3.05, 3.63) is 34.6 Å². The van der Waals surface area contributed by atoms with Crippen molar-refractivity contribution in [2.75, 3.05) is 6.54 Å². The van der Waals surface area contributed by atoms with E-state index in [9.17, 15) is 26.7 Å². The number of hydrogen-bond acceptors (Lipinski definition) is 2. The number of halogens is 5. The number of carbonyl (C=O) groups is 1. The molecule has 1 amide bonds. The molecule has 3 nitrogen and oxygen atoms in total. The molecule has 0 radical (unpaired) electrons. The van der Waals surface area contributed by atoms with Crippen molar-refractivity contribution in [2.45, 2.75) is 19.9 Å². The monoisotopic (exact) mass is 292 g/mol. The predicted octanol–water partition coefficient (Wildman–Crippen LogP) is 2.76. The van der Waals surface area contributed by atoms with Gasteiger partial charge in [-0.25, -0.2) is 22.0 Å². The minimum Gasteiger partial charge on any atom is -0.323 e. The highest BCUT2D eigenvalue weighted by molar-refractivity contribution is 5.95. The van der Waals surface area contributed by atoms with Gasteiger partial charge in [-0.05, 0) is 13.8 Å². The van der Waals surface area contributed by atoms with E-state index >= 15 is 0 Å². The number of hydrogen-bond donors (Lipinski definition) is 0.